The zero-order chi connectivity index (χ0) is 29.3. The molecule has 4 aromatic rings. The standard InChI is InChI=1S/C31H30BrN5O4.ClH/c1-31(34-2,30(33)40)24-18-37(28(38)20-7-6-14-35-16-20)26-9-5-4-8-25(26)36(29(24)39)17-23-22-12-11-21(32)15-19(22)10-13-27(23)41-3;/h4-16,24,34H,17-18H2,1-3H3,(H2,33,40);1H/t24-,31?;/m1./s1. The van der Waals surface area contributed by atoms with Gasteiger partial charge in [0, 0.05) is 29.0 Å². The molecule has 1 aliphatic heterocycles. The fraction of sp³-hybridized carbons (Fsp3) is 0.226. The third-order valence-corrected chi connectivity index (χ3v) is 8.35. The molecule has 2 atom stereocenters. The van der Waals surface area contributed by atoms with E-state index < -0.39 is 17.4 Å². The summed E-state index contributed by atoms with van der Waals surface area (Å²) in [5.74, 6) is -1.81. The molecule has 0 saturated heterocycles. The number of hydrogen-bond acceptors (Lipinski definition) is 6. The van der Waals surface area contributed by atoms with Gasteiger partial charge in [0.05, 0.1) is 36.5 Å². The Morgan fingerprint density at radius 1 is 1.12 bits per heavy atom. The number of carbonyl (C=O) groups is 3. The molecule has 2 heterocycles. The highest BCUT2D eigenvalue weighted by atomic mass is 79.9. The minimum atomic E-state index is -1.46. The van der Waals surface area contributed by atoms with E-state index in [9.17, 15) is 14.4 Å². The molecule has 3 aromatic carbocycles. The van der Waals surface area contributed by atoms with Gasteiger partial charge in [-0.3, -0.25) is 19.4 Å². The van der Waals surface area contributed by atoms with Crippen molar-refractivity contribution >= 4 is 68.2 Å². The molecule has 0 fully saturated rings. The Balaban J connectivity index is 0.00000405. The Morgan fingerprint density at radius 3 is 2.50 bits per heavy atom. The number of nitrogens with two attached hydrogens (primary N) is 1. The summed E-state index contributed by atoms with van der Waals surface area (Å²) in [5, 5.41) is 4.85. The molecule has 42 heavy (non-hydrogen) atoms. The number of fused-ring (bicyclic) bond motifs is 2. The Bertz CT molecular complexity index is 1650. The van der Waals surface area contributed by atoms with Crippen molar-refractivity contribution in [2.24, 2.45) is 11.7 Å². The summed E-state index contributed by atoms with van der Waals surface area (Å²) in [7, 11) is 3.17. The molecular formula is C31H31BrClN5O4. The van der Waals surface area contributed by atoms with E-state index in [1.807, 2.05) is 42.5 Å². The summed E-state index contributed by atoms with van der Waals surface area (Å²) < 4.78 is 6.67. The van der Waals surface area contributed by atoms with Gasteiger partial charge in [-0.2, -0.15) is 0 Å². The summed E-state index contributed by atoms with van der Waals surface area (Å²) >= 11 is 3.53. The Hall–Kier alpha value is -3.99. The molecule has 3 amide bonds. The number of carbonyl (C=O) groups excluding carboxylic acids is 3. The highest BCUT2D eigenvalue weighted by Gasteiger charge is 2.48. The number of rotatable bonds is 7. The number of hydrogen-bond donors (Lipinski definition) is 2. The van der Waals surface area contributed by atoms with Crippen molar-refractivity contribution in [1.82, 2.24) is 10.3 Å². The second kappa shape index (κ2) is 12.5. The van der Waals surface area contributed by atoms with Gasteiger partial charge in [0.1, 0.15) is 11.3 Å². The van der Waals surface area contributed by atoms with Crippen LogP contribution in [0.1, 0.15) is 22.8 Å². The van der Waals surface area contributed by atoms with Crippen LogP contribution in [0.3, 0.4) is 0 Å². The minimum absolute atomic E-state index is 0. The van der Waals surface area contributed by atoms with E-state index in [0.29, 0.717) is 22.7 Å². The number of pyridine rings is 1. The lowest BCUT2D eigenvalue weighted by molar-refractivity contribution is -0.133. The highest BCUT2D eigenvalue weighted by Crippen LogP contribution is 2.40. The lowest BCUT2D eigenvalue weighted by Gasteiger charge is -2.36. The third kappa shape index (κ3) is 5.45. The Labute approximate surface area is 258 Å². The molecule has 11 heteroatoms. The molecule has 1 unspecified atom stereocenters. The molecule has 0 spiro atoms. The van der Waals surface area contributed by atoms with Crippen molar-refractivity contribution in [1.29, 1.82) is 0 Å². The summed E-state index contributed by atoms with van der Waals surface area (Å²) in [6.07, 6.45) is 3.07. The van der Waals surface area contributed by atoms with Crippen LogP contribution in [-0.4, -0.2) is 48.9 Å². The van der Waals surface area contributed by atoms with Crippen molar-refractivity contribution < 1.29 is 19.1 Å². The zero-order valence-corrected chi connectivity index (χ0v) is 25.7. The number of ether oxygens (including phenoxy) is 1. The number of nitrogens with zero attached hydrogens (tertiary/aromatic N) is 3. The number of benzene rings is 3. The number of para-hydroxylation sites is 2. The van der Waals surface area contributed by atoms with Gasteiger partial charge in [0.2, 0.25) is 11.8 Å². The molecule has 0 saturated carbocycles. The van der Waals surface area contributed by atoms with Crippen LogP contribution in [0.15, 0.2) is 83.6 Å². The molecule has 3 N–H and O–H groups in total. The van der Waals surface area contributed by atoms with Crippen molar-refractivity contribution in [3.05, 3.63) is 94.7 Å². The van der Waals surface area contributed by atoms with Crippen LogP contribution in [-0.2, 0) is 16.1 Å². The Kier molecular flexibility index (Phi) is 9.20. The number of aromatic nitrogens is 1. The van der Waals surface area contributed by atoms with E-state index in [4.69, 9.17) is 10.5 Å². The fourth-order valence-electron chi connectivity index (χ4n) is 5.34. The van der Waals surface area contributed by atoms with E-state index in [-0.39, 0.29) is 37.3 Å². The van der Waals surface area contributed by atoms with E-state index in [1.165, 1.54) is 11.1 Å². The van der Waals surface area contributed by atoms with Gasteiger partial charge in [0.15, 0.2) is 0 Å². The van der Waals surface area contributed by atoms with Gasteiger partial charge >= 0.3 is 0 Å². The van der Waals surface area contributed by atoms with Crippen LogP contribution in [0.4, 0.5) is 11.4 Å². The quantitative estimate of drug-likeness (QED) is 0.299. The number of halogens is 2. The largest absolute Gasteiger partial charge is 0.496 e. The molecular weight excluding hydrogens is 622 g/mol. The summed E-state index contributed by atoms with van der Waals surface area (Å²) in [4.78, 5) is 48.6. The first-order valence-electron chi connectivity index (χ1n) is 13.1. The van der Waals surface area contributed by atoms with Gasteiger partial charge in [-0.25, -0.2) is 0 Å². The van der Waals surface area contributed by atoms with Crippen molar-refractivity contribution in [2.75, 3.05) is 30.5 Å². The topological polar surface area (TPSA) is 118 Å². The first-order valence-corrected chi connectivity index (χ1v) is 13.8. The number of anilines is 2. The molecule has 9 nitrogen and oxygen atoms in total. The van der Waals surface area contributed by atoms with Crippen LogP contribution in [0.5, 0.6) is 5.75 Å². The SMILES string of the molecule is CNC(C)(C(N)=O)[C@@H]1CN(C(=O)c2cccnc2)c2ccccc2N(Cc2c(OC)ccc3cc(Br)ccc23)C1=O.Cl. The number of nitrogens with one attached hydrogen (secondary N) is 1. The van der Waals surface area contributed by atoms with Gasteiger partial charge in [-0.15, -0.1) is 12.4 Å². The monoisotopic (exact) mass is 651 g/mol. The molecule has 0 aliphatic carbocycles. The normalized spacial score (nSPS) is 16.2. The average molecular weight is 653 g/mol. The Morgan fingerprint density at radius 2 is 1.86 bits per heavy atom. The molecule has 0 bridgehead atoms. The summed E-state index contributed by atoms with van der Waals surface area (Å²) in [5.41, 5.74) is 6.62. The summed E-state index contributed by atoms with van der Waals surface area (Å²) in [6, 6.07) is 20.3. The van der Waals surface area contributed by atoms with Crippen molar-refractivity contribution in [3.8, 4) is 5.75 Å². The summed E-state index contributed by atoms with van der Waals surface area (Å²) in [6.45, 7) is 1.64. The van der Waals surface area contributed by atoms with Gasteiger partial charge < -0.3 is 25.6 Å². The fourth-order valence-corrected chi connectivity index (χ4v) is 5.72. The van der Waals surface area contributed by atoms with Gasteiger partial charge in [-0.1, -0.05) is 40.2 Å². The predicted molar refractivity (Wildman–Crippen MR) is 169 cm³/mol. The first-order chi connectivity index (χ1) is 19.7. The van der Waals surface area contributed by atoms with E-state index in [1.54, 1.807) is 56.4 Å². The molecule has 0 radical (unpaired) electrons. The predicted octanol–water partition coefficient (Wildman–Crippen LogP) is 4.70. The van der Waals surface area contributed by atoms with E-state index in [2.05, 4.69) is 26.2 Å². The van der Waals surface area contributed by atoms with Crippen molar-refractivity contribution in [3.63, 3.8) is 0 Å². The number of likely N-dealkylation sites (N-methyl/N-ethyl adjacent to an activating group) is 1. The molecule has 218 valence electrons. The first kappa shape index (κ1) is 31.0. The second-order valence-corrected chi connectivity index (χ2v) is 11.0. The van der Waals surface area contributed by atoms with Crippen LogP contribution in [0.25, 0.3) is 10.8 Å². The number of amides is 3. The third-order valence-electron chi connectivity index (χ3n) is 7.86. The van der Waals surface area contributed by atoms with E-state index in [0.717, 1.165) is 20.8 Å². The zero-order valence-electron chi connectivity index (χ0n) is 23.3. The van der Waals surface area contributed by atoms with Crippen molar-refractivity contribution in [2.45, 2.75) is 19.0 Å². The lowest BCUT2D eigenvalue weighted by Crippen LogP contribution is -2.63. The molecule has 1 aromatic heterocycles. The second-order valence-electron chi connectivity index (χ2n) is 10.1. The minimum Gasteiger partial charge on any atom is -0.496 e. The van der Waals surface area contributed by atoms with E-state index >= 15 is 0 Å². The van der Waals surface area contributed by atoms with Crippen LogP contribution in [0.2, 0.25) is 0 Å². The molecule has 1 aliphatic rings. The van der Waals surface area contributed by atoms with Gasteiger partial charge in [-0.05, 0) is 67.2 Å². The highest BCUT2D eigenvalue weighted by molar-refractivity contribution is 9.10. The maximum absolute atomic E-state index is 14.6. The average Bonchev–Trinajstić information content (AvgIpc) is 3.11. The molecule has 5 rings (SSSR count). The van der Waals surface area contributed by atoms with Crippen LogP contribution >= 0.6 is 28.3 Å². The van der Waals surface area contributed by atoms with Crippen LogP contribution in [0, 0.1) is 5.92 Å². The maximum Gasteiger partial charge on any atom is 0.259 e. The lowest BCUT2D eigenvalue weighted by atomic mass is 9.83. The maximum atomic E-state index is 14.6. The number of primary amides is 1. The van der Waals surface area contributed by atoms with Gasteiger partial charge in [0.25, 0.3) is 5.91 Å². The smallest absolute Gasteiger partial charge is 0.259 e. The number of methoxy groups -OCH3 is 1. The van der Waals surface area contributed by atoms with Crippen LogP contribution < -0.4 is 25.6 Å².